The number of likely N-dealkylation sites (tertiary alicyclic amines) is 1. The molecule has 9 heteroatoms. The lowest BCUT2D eigenvalue weighted by molar-refractivity contribution is -0.137. The van der Waals surface area contributed by atoms with Gasteiger partial charge in [-0.15, -0.1) is 0 Å². The molecule has 0 saturated carbocycles. The predicted molar refractivity (Wildman–Crippen MR) is 157 cm³/mol. The molecular weight excluding hydrogens is 529 g/mol. The number of nitrogens with one attached hydrogen (secondary N) is 2. The van der Waals surface area contributed by atoms with Gasteiger partial charge in [0.1, 0.15) is 0 Å². The van der Waals surface area contributed by atoms with Gasteiger partial charge in [-0.3, -0.25) is 9.59 Å². The van der Waals surface area contributed by atoms with Gasteiger partial charge in [0.25, 0.3) is 0 Å². The predicted octanol–water partition coefficient (Wildman–Crippen LogP) is 6.93. The van der Waals surface area contributed by atoms with E-state index in [9.17, 15) is 22.8 Å². The molecule has 0 aliphatic carbocycles. The average molecular weight is 565 g/mol. The second-order valence-corrected chi connectivity index (χ2v) is 10.2. The zero-order valence-electron chi connectivity index (χ0n) is 22.8. The molecule has 2 amide bonds. The van der Waals surface area contributed by atoms with E-state index >= 15 is 0 Å². The Morgan fingerprint density at radius 3 is 2.24 bits per heavy atom. The van der Waals surface area contributed by atoms with Crippen LogP contribution in [-0.4, -0.2) is 36.3 Å². The van der Waals surface area contributed by atoms with Crippen LogP contribution in [0.3, 0.4) is 0 Å². The van der Waals surface area contributed by atoms with Crippen LogP contribution in [0.1, 0.15) is 54.7 Å². The topological polar surface area (TPSA) is 87.5 Å². The number of hydrogen-bond donors (Lipinski definition) is 3. The standard InChI is InChI=1S/C32H35F3N4O2/c33-32(34,35)25-15-17-26(18-16-25)37-31(41)27(7-6-22-39-20-4-1-5-21-39)24-13-10-23(11-14-24)12-19-30(40)38-29-9-3-2-8-28(29)36/h2-3,8-19,27H,1,4-7,20-22,36H2,(H,37,41)(H,38,40). The number of nitrogens with two attached hydrogens (primary N) is 1. The molecule has 41 heavy (non-hydrogen) atoms. The largest absolute Gasteiger partial charge is 0.416 e. The fourth-order valence-electron chi connectivity index (χ4n) is 4.92. The summed E-state index contributed by atoms with van der Waals surface area (Å²) >= 11 is 0. The zero-order chi connectivity index (χ0) is 29.2. The molecule has 4 rings (SSSR count). The van der Waals surface area contributed by atoms with Crippen LogP contribution >= 0.6 is 0 Å². The van der Waals surface area contributed by atoms with E-state index in [4.69, 9.17) is 5.73 Å². The van der Waals surface area contributed by atoms with Gasteiger partial charge in [-0.2, -0.15) is 13.2 Å². The van der Waals surface area contributed by atoms with Gasteiger partial charge >= 0.3 is 6.18 Å². The first-order chi connectivity index (χ1) is 19.7. The van der Waals surface area contributed by atoms with Crippen molar-refractivity contribution in [2.75, 3.05) is 36.0 Å². The monoisotopic (exact) mass is 564 g/mol. The molecule has 1 saturated heterocycles. The minimum Gasteiger partial charge on any atom is -0.397 e. The maximum Gasteiger partial charge on any atom is 0.416 e. The molecule has 1 aliphatic rings. The zero-order valence-corrected chi connectivity index (χ0v) is 22.8. The van der Waals surface area contributed by atoms with E-state index in [1.165, 1.54) is 37.5 Å². The Morgan fingerprint density at radius 2 is 1.59 bits per heavy atom. The molecular formula is C32H35F3N4O2. The van der Waals surface area contributed by atoms with Crippen LogP contribution in [0.5, 0.6) is 0 Å². The first-order valence-corrected chi connectivity index (χ1v) is 13.8. The molecule has 0 aromatic heterocycles. The summed E-state index contributed by atoms with van der Waals surface area (Å²) in [5, 5.41) is 5.53. The Balaban J connectivity index is 1.43. The summed E-state index contributed by atoms with van der Waals surface area (Å²) in [6, 6.07) is 18.8. The van der Waals surface area contributed by atoms with Gasteiger partial charge in [0, 0.05) is 11.8 Å². The van der Waals surface area contributed by atoms with E-state index in [0.717, 1.165) is 49.3 Å². The Hall–Kier alpha value is -4.11. The number of hydrogen-bond acceptors (Lipinski definition) is 4. The van der Waals surface area contributed by atoms with Crippen molar-refractivity contribution in [3.63, 3.8) is 0 Å². The number of para-hydroxylation sites is 2. The highest BCUT2D eigenvalue weighted by molar-refractivity contribution is 6.03. The van der Waals surface area contributed by atoms with Gasteiger partial charge in [0.2, 0.25) is 11.8 Å². The quantitative estimate of drug-likeness (QED) is 0.184. The number of piperidine rings is 1. The van der Waals surface area contributed by atoms with E-state index in [1.54, 1.807) is 30.3 Å². The van der Waals surface area contributed by atoms with Crippen molar-refractivity contribution >= 4 is 35.0 Å². The Kier molecular flexibility index (Phi) is 10.2. The van der Waals surface area contributed by atoms with Crippen molar-refractivity contribution in [1.29, 1.82) is 0 Å². The lowest BCUT2D eigenvalue weighted by atomic mass is 9.92. The minimum atomic E-state index is -4.44. The van der Waals surface area contributed by atoms with Gasteiger partial charge in [-0.1, -0.05) is 42.8 Å². The van der Waals surface area contributed by atoms with Crippen LogP contribution in [0.2, 0.25) is 0 Å². The molecule has 4 N–H and O–H groups in total. The maximum atomic E-state index is 13.4. The number of carbonyl (C=O) groups is 2. The molecule has 3 aromatic rings. The molecule has 0 radical (unpaired) electrons. The molecule has 1 heterocycles. The van der Waals surface area contributed by atoms with E-state index in [-0.39, 0.29) is 11.8 Å². The fraction of sp³-hybridized carbons (Fsp3) is 0.312. The summed E-state index contributed by atoms with van der Waals surface area (Å²) in [5.41, 5.74) is 8.00. The van der Waals surface area contributed by atoms with Gasteiger partial charge < -0.3 is 21.3 Å². The SMILES string of the molecule is Nc1ccccc1NC(=O)C=Cc1ccc(C(CCCN2CCCCC2)C(=O)Nc2ccc(C(F)(F)F)cc2)cc1. The molecule has 3 aromatic carbocycles. The number of amides is 2. The summed E-state index contributed by atoms with van der Waals surface area (Å²) in [6.45, 7) is 3.02. The summed E-state index contributed by atoms with van der Waals surface area (Å²) in [6.07, 6.45) is 3.67. The van der Waals surface area contributed by atoms with Gasteiger partial charge in [-0.05, 0) is 98.9 Å². The number of nitrogens with zero attached hydrogens (tertiary/aromatic N) is 1. The van der Waals surface area contributed by atoms with Crippen LogP contribution < -0.4 is 16.4 Å². The van der Waals surface area contributed by atoms with Crippen molar-refractivity contribution in [3.8, 4) is 0 Å². The van der Waals surface area contributed by atoms with E-state index in [1.807, 2.05) is 24.3 Å². The fourth-order valence-corrected chi connectivity index (χ4v) is 4.92. The average Bonchev–Trinajstić information content (AvgIpc) is 2.96. The molecule has 0 bridgehead atoms. The number of alkyl halides is 3. The minimum absolute atomic E-state index is 0.272. The molecule has 216 valence electrons. The lowest BCUT2D eigenvalue weighted by Gasteiger charge is -2.27. The van der Waals surface area contributed by atoms with Crippen molar-refractivity contribution in [2.24, 2.45) is 0 Å². The third-order valence-corrected chi connectivity index (χ3v) is 7.20. The molecule has 1 atom stereocenters. The number of rotatable bonds is 10. The third-order valence-electron chi connectivity index (χ3n) is 7.20. The second-order valence-electron chi connectivity index (χ2n) is 10.2. The first kappa shape index (κ1) is 29.9. The molecule has 6 nitrogen and oxygen atoms in total. The van der Waals surface area contributed by atoms with Gasteiger partial charge in [-0.25, -0.2) is 0 Å². The first-order valence-electron chi connectivity index (χ1n) is 13.8. The molecule has 1 aliphatic heterocycles. The maximum absolute atomic E-state index is 13.4. The van der Waals surface area contributed by atoms with Gasteiger partial charge in [0.15, 0.2) is 0 Å². The molecule has 1 unspecified atom stereocenters. The lowest BCUT2D eigenvalue weighted by Crippen LogP contribution is -2.31. The Bertz CT molecular complexity index is 1330. The number of carbonyl (C=O) groups excluding carboxylic acids is 2. The van der Waals surface area contributed by atoms with Crippen LogP contribution in [0, 0.1) is 0 Å². The summed E-state index contributed by atoms with van der Waals surface area (Å²) < 4.78 is 38.8. The molecule has 1 fully saturated rings. The van der Waals surface area contributed by atoms with Crippen molar-refractivity contribution in [3.05, 3.63) is 95.6 Å². The Labute approximate surface area is 238 Å². The Morgan fingerprint density at radius 1 is 0.902 bits per heavy atom. The molecule has 0 spiro atoms. The number of nitrogen functional groups attached to an aromatic ring is 1. The normalized spacial score (nSPS) is 15.0. The van der Waals surface area contributed by atoms with Crippen LogP contribution in [0.25, 0.3) is 6.08 Å². The summed E-state index contributed by atoms with van der Waals surface area (Å²) in [7, 11) is 0. The highest BCUT2D eigenvalue weighted by atomic mass is 19.4. The van der Waals surface area contributed by atoms with Crippen LogP contribution in [-0.2, 0) is 15.8 Å². The van der Waals surface area contributed by atoms with Crippen molar-refractivity contribution in [2.45, 2.75) is 44.2 Å². The van der Waals surface area contributed by atoms with Crippen molar-refractivity contribution < 1.29 is 22.8 Å². The van der Waals surface area contributed by atoms with E-state index < -0.39 is 17.7 Å². The van der Waals surface area contributed by atoms with E-state index in [2.05, 4.69) is 15.5 Å². The summed E-state index contributed by atoms with van der Waals surface area (Å²) in [4.78, 5) is 28.1. The van der Waals surface area contributed by atoms with Crippen LogP contribution in [0.4, 0.5) is 30.2 Å². The van der Waals surface area contributed by atoms with Crippen molar-refractivity contribution in [1.82, 2.24) is 4.90 Å². The number of halogens is 3. The highest BCUT2D eigenvalue weighted by Crippen LogP contribution is 2.31. The summed E-state index contributed by atoms with van der Waals surface area (Å²) in [5.74, 6) is -1.07. The number of benzene rings is 3. The van der Waals surface area contributed by atoms with Gasteiger partial charge in [0.05, 0.1) is 22.9 Å². The second kappa shape index (κ2) is 14.0. The number of anilines is 3. The third kappa shape index (κ3) is 8.94. The highest BCUT2D eigenvalue weighted by Gasteiger charge is 2.30. The van der Waals surface area contributed by atoms with Crippen LogP contribution in [0.15, 0.2) is 78.9 Å². The van der Waals surface area contributed by atoms with E-state index in [0.29, 0.717) is 23.5 Å². The smallest absolute Gasteiger partial charge is 0.397 e.